The number of rotatable bonds is 4. The van der Waals surface area contributed by atoms with Crippen molar-refractivity contribution in [3.8, 4) is 0 Å². The first-order valence-corrected chi connectivity index (χ1v) is 3.63. The first-order chi connectivity index (χ1) is 4.16. The second kappa shape index (κ2) is 5.03. The molecule has 0 aromatic carbocycles. The molecule has 3 N–H and O–H groups in total. The van der Waals surface area contributed by atoms with Gasteiger partial charge in [0.15, 0.2) is 0 Å². The summed E-state index contributed by atoms with van der Waals surface area (Å²) >= 11 is 5.25. The molecule has 0 aliphatic heterocycles. The highest BCUT2D eigenvalue weighted by atomic mass is 35.5. The van der Waals surface area contributed by atoms with Crippen LogP contribution >= 0.6 is 11.8 Å². The third-order valence-electron chi connectivity index (χ3n) is 1.11. The lowest BCUT2D eigenvalue weighted by atomic mass is 10.1. The van der Waals surface area contributed by atoms with Crippen molar-refractivity contribution in [2.45, 2.75) is 26.3 Å². The predicted octanol–water partition coefficient (Wildman–Crippen LogP) is 1.10. The fraction of sp³-hybridized carbons (Fsp3) is 1.00. The molecule has 1 atom stereocenters. The predicted molar refractivity (Wildman–Crippen MR) is 41.3 cm³/mol. The summed E-state index contributed by atoms with van der Waals surface area (Å²) in [6, 6.07) is 0.197. The Labute approximate surface area is 61.9 Å². The minimum atomic E-state index is 0.197. The van der Waals surface area contributed by atoms with Gasteiger partial charge in [-0.25, -0.2) is 4.84 Å². The van der Waals surface area contributed by atoms with Crippen LogP contribution in [-0.4, -0.2) is 12.6 Å². The van der Waals surface area contributed by atoms with Gasteiger partial charge >= 0.3 is 0 Å². The summed E-state index contributed by atoms with van der Waals surface area (Å²) in [5.74, 6) is 0.657. The van der Waals surface area contributed by atoms with Crippen LogP contribution in [0.5, 0.6) is 0 Å². The van der Waals surface area contributed by atoms with E-state index in [9.17, 15) is 0 Å². The van der Waals surface area contributed by atoms with Crippen LogP contribution in [0.15, 0.2) is 0 Å². The Hall–Kier alpha value is 0.210. The largest absolute Gasteiger partial charge is 0.326 e. The van der Waals surface area contributed by atoms with Crippen LogP contribution in [0.2, 0.25) is 0 Å². The number of hydrogen-bond acceptors (Lipinski definition) is 2. The fourth-order valence-electron chi connectivity index (χ4n) is 0.788. The van der Waals surface area contributed by atoms with Crippen molar-refractivity contribution in [2.75, 3.05) is 6.54 Å². The van der Waals surface area contributed by atoms with Crippen LogP contribution in [0.4, 0.5) is 0 Å². The van der Waals surface area contributed by atoms with Gasteiger partial charge in [0.2, 0.25) is 0 Å². The molecule has 3 heteroatoms. The molecule has 2 nitrogen and oxygen atoms in total. The van der Waals surface area contributed by atoms with Crippen molar-refractivity contribution >= 4 is 11.8 Å². The Balaban J connectivity index is 3.15. The van der Waals surface area contributed by atoms with E-state index < -0.39 is 0 Å². The van der Waals surface area contributed by atoms with Gasteiger partial charge in [-0.1, -0.05) is 13.8 Å². The zero-order valence-electron chi connectivity index (χ0n) is 6.02. The maximum absolute atomic E-state index is 5.64. The highest BCUT2D eigenvalue weighted by molar-refractivity contribution is 6.13. The van der Waals surface area contributed by atoms with Crippen molar-refractivity contribution in [3.63, 3.8) is 0 Å². The molecule has 0 heterocycles. The van der Waals surface area contributed by atoms with Crippen LogP contribution in [0, 0.1) is 5.92 Å². The molecule has 0 aromatic rings. The molecular weight excluding hydrogens is 136 g/mol. The summed E-state index contributed by atoms with van der Waals surface area (Å²) in [5.41, 5.74) is 5.64. The second-order valence-electron chi connectivity index (χ2n) is 2.73. The average molecular weight is 151 g/mol. The smallest absolute Gasteiger partial charge is 0.0260 e. The fourth-order valence-corrected chi connectivity index (χ4v) is 0.986. The molecule has 0 spiro atoms. The highest BCUT2D eigenvalue weighted by Gasteiger charge is 2.02. The van der Waals surface area contributed by atoms with E-state index in [2.05, 4.69) is 18.7 Å². The zero-order chi connectivity index (χ0) is 7.28. The maximum Gasteiger partial charge on any atom is 0.0260 e. The van der Waals surface area contributed by atoms with E-state index in [1.807, 2.05) is 0 Å². The summed E-state index contributed by atoms with van der Waals surface area (Å²) in [4.78, 5) is 2.52. The van der Waals surface area contributed by atoms with Gasteiger partial charge in [0.25, 0.3) is 0 Å². The Bertz CT molecular complexity index is 66.1. The number of nitrogens with two attached hydrogens (primary N) is 1. The molecule has 0 amide bonds. The molecule has 0 aliphatic carbocycles. The molecule has 0 saturated carbocycles. The monoisotopic (exact) mass is 150 g/mol. The summed E-state index contributed by atoms with van der Waals surface area (Å²) in [6.07, 6.45) is 1.03. The van der Waals surface area contributed by atoms with Crippen molar-refractivity contribution in [3.05, 3.63) is 0 Å². The number of nitrogens with one attached hydrogen (secondary N) is 1. The van der Waals surface area contributed by atoms with Crippen LogP contribution in [0.25, 0.3) is 0 Å². The molecule has 0 bridgehead atoms. The SMILES string of the molecule is CC(C)C[C@H](N)CNCl. The normalized spacial score (nSPS) is 14.3. The Morgan fingerprint density at radius 2 is 2.11 bits per heavy atom. The third kappa shape index (κ3) is 6.09. The average Bonchev–Trinajstić information content (AvgIpc) is 1.63. The lowest BCUT2D eigenvalue weighted by Gasteiger charge is -2.11. The van der Waals surface area contributed by atoms with Crippen molar-refractivity contribution in [1.82, 2.24) is 4.84 Å². The lowest BCUT2D eigenvalue weighted by Crippen LogP contribution is -2.31. The van der Waals surface area contributed by atoms with Gasteiger partial charge < -0.3 is 5.73 Å². The summed E-state index contributed by atoms with van der Waals surface area (Å²) in [6.45, 7) is 4.99. The van der Waals surface area contributed by atoms with E-state index in [4.69, 9.17) is 17.5 Å². The van der Waals surface area contributed by atoms with Gasteiger partial charge in [-0.2, -0.15) is 0 Å². The minimum absolute atomic E-state index is 0.197. The van der Waals surface area contributed by atoms with E-state index in [-0.39, 0.29) is 6.04 Å². The van der Waals surface area contributed by atoms with Crippen LogP contribution < -0.4 is 10.6 Å². The van der Waals surface area contributed by atoms with Crippen molar-refractivity contribution in [1.29, 1.82) is 0 Å². The van der Waals surface area contributed by atoms with Crippen LogP contribution in [-0.2, 0) is 0 Å². The highest BCUT2D eigenvalue weighted by Crippen LogP contribution is 2.01. The molecule has 0 aromatic heterocycles. The molecule has 56 valence electrons. The van der Waals surface area contributed by atoms with Gasteiger partial charge in [0, 0.05) is 12.6 Å². The zero-order valence-corrected chi connectivity index (χ0v) is 6.78. The van der Waals surface area contributed by atoms with E-state index in [0.717, 1.165) is 6.42 Å². The van der Waals surface area contributed by atoms with Crippen LogP contribution in [0.1, 0.15) is 20.3 Å². The molecule has 0 aliphatic rings. The Morgan fingerprint density at radius 1 is 1.56 bits per heavy atom. The standard InChI is InChI=1S/C6H15ClN2/c1-5(2)3-6(8)4-9-7/h5-6,9H,3-4,8H2,1-2H3/t6-/m0/s1. The summed E-state index contributed by atoms with van der Waals surface area (Å²) in [5, 5.41) is 0. The second-order valence-corrected chi connectivity index (χ2v) is 2.99. The van der Waals surface area contributed by atoms with Gasteiger partial charge in [-0.05, 0) is 24.1 Å². The van der Waals surface area contributed by atoms with E-state index in [1.165, 1.54) is 0 Å². The summed E-state index contributed by atoms with van der Waals surface area (Å²) < 4.78 is 0. The van der Waals surface area contributed by atoms with E-state index >= 15 is 0 Å². The molecule has 9 heavy (non-hydrogen) atoms. The van der Waals surface area contributed by atoms with Crippen LogP contribution in [0.3, 0.4) is 0 Å². The van der Waals surface area contributed by atoms with Gasteiger partial charge in [0.05, 0.1) is 0 Å². The van der Waals surface area contributed by atoms with Gasteiger partial charge in [0.1, 0.15) is 0 Å². The van der Waals surface area contributed by atoms with E-state index in [0.29, 0.717) is 12.5 Å². The van der Waals surface area contributed by atoms with Gasteiger partial charge in [-0.3, -0.25) is 0 Å². The molecular formula is C6H15ClN2. The molecule has 0 fully saturated rings. The minimum Gasteiger partial charge on any atom is -0.326 e. The quantitative estimate of drug-likeness (QED) is 0.590. The number of hydrogen-bond donors (Lipinski definition) is 2. The first kappa shape index (κ1) is 9.21. The number of halogens is 1. The topological polar surface area (TPSA) is 38.0 Å². The molecule has 0 saturated heterocycles. The molecule has 0 rings (SSSR count). The molecule has 0 unspecified atom stereocenters. The Morgan fingerprint density at radius 3 is 2.44 bits per heavy atom. The first-order valence-electron chi connectivity index (χ1n) is 3.26. The van der Waals surface area contributed by atoms with Crippen molar-refractivity contribution < 1.29 is 0 Å². The summed E-state index contributed by atoms with van der Waals surface area (Å²) in [7, 11) is 0. The maximum atomic E-state index is 5.64. The van der Waals surface area contributed by atoms with Gasteiger partial charge in [-0.15, -0.1) is 0 Å². The Kier molecular flexibility index (Phi) is 5.15. The third-order valence-corrected chi connectivity index (χ3v) is 1.27. The van der Waals surface area contributed by atoms with Crippen molar-refractivity contribution in [2.24, 2.45) is 11.7 Å². The van der Waals surface area contributed by atoms with E-state index in [1.54, 1.807) is 0 Å². The lowest BCUT2D eigenvalue weighted by molar-refractivity contribution is 0.493. The molecule has 0 radical (unpaired) electrons.